The van der Waals surface area contributed by atoms with Crippen LogP contribution in [0.25, 0.3) is 0 Å². The third-order valence-electron chi connectivity index (χ3n) is 3.07. The van der Waals surface area contributed by atoms with E-state index in [0.29, 0.717) is 13.0 Å². The highest BCUT2D eigenvalue weighted by atomic mass is 16.5. The van der Waals surface area contributed by atoms with Crippen molar-refractivity contribution in [2.75, 3.05) is 6.61 Å². The normalized spacial score (nSPS) is 11.8. The monoisotopic (exact) mass is 253 g/mol. The van der Waals surface area contributed by atoms with Crippen LogP contribution in [0.5, 0.6) is 0 Å². The van der Waals surface area contributed by atoms with E-state index in [1.54, 1.807) is 6.92 Å². The number of nitriles is 1. The molecule has 0 radical (unpaired) electrons. The zero-order valence-electron chi connectivity index (χ0n) is 11.9. The summed E-state index contributed by atoms with van der Waals surface area (Å²) in [4.78, 5) is 11.4. The first-order valence-corrected chi connectivity index (χ1v) is 7.32. The maximum Gasteiger partial charge on any atom is 0.323 e. The van der Waals surface area contributed by atoms with Gasteiger partial charge in [0.1, 0.15) is 5.92 Å². The number of carbonyl (C=O) groups excluding carboxylic acids is 1. The van der Waals surface area contributed by atoms with E-state index in [2.05, 4.69) is 6.92 Å². The minimum absolute atomic E-state index is 0.356. The second-order valence-electron chi connectivity index (χ2n) is 4.70. The highest BCUT2D eigenvalue weighted by Crippen LogP contribution is 2.14. The zero-order chi connectivity index (χ0) is 13.6. The van der Waals surface area contributed by atoms with Gasteiger partial charge >= 0.3 is 5.97 Å². The van der Waals surface area contributed by atoms with Crippen molar-refractivity contribution < 1.29 is 9.53 Å². The van der Waals surface area contributed by atoms with Crippen molar-refractivity contribution in [3.05, 3.63) is 0 Å². The Morgan fingerprint density at radius 2 is 1.61 bits per heavy atom. The summed E-state index contributed by atoms with van der Waals surface area (Å²) in [5.74, 6) is -0.923. The number of hydrogen-bond donors (Lipinski definition) is 0. The van der Waals surface area contributed by atoms with Crippen molar-refractivity contribution in [3.8, 4) is 6.07 Å². The van der Waals surface area contributed by atoms with Crippen LogP contribution in [0.4, 0.5) is 0 Å². The molecule has 0 unspecified atom stereocenters. The average molecular weight is 253 g/mol. The zero-order valence-corrected chi connectivity index (χ0v) is 11.9. The Morgan fingerprint density at radius 3 is 2.11 bits per heavy atom. The van der Waals surface area contributed by atoms with Crippen molar-refractivity contribution in [2.45, 2.75) is 71.6 Å². The fourth-order valence-corrected chi connectivity index (χ4v) is 1.96. The molecule has 104 valence electrons. The van der Waals surface area contributed by atoms with Crippen LogP contribution in [0.15, 0.2) is 0 Å². The largest absolute Gasteiger partial charge is 0.465 e. The molecule has 0 aromatic heterocycles. The van der Waals surface area contributed by atoms with Gasteiger partial charge in [0, 0.05) is 0 Å². The van der Waals surface area contributed by atoms with Gasteiger partial charge < -0.3 is 4.74 Å². The predicted octanol–water partition coefficient (Wildman–Crippen LogP) is 4.22. The second-order valence-corrected chi connectivity index (χ2v) is 4.70. The van der Waals surface area contributed by atoms with E-state index in [-0.39, 0.29) is 5.97 Å². The second kappa shape index (κ2) is 12.4. The van der Waals surface area contributed by atoms with Gasteiger partial charge in [0.2, 0.25) is 0 Å². The van der Waals surface area contributed by atoms with Crippen LogP contribution in [-0.4, -0.2) is 12.6 Å². The lowest BCUT2D eigenvalue weighted by Gasteiger charge is -2.07. The Hall–Kier alpha value is -1.04. The quantitative estimate of drug-likeness (QED) is 0.409. The van der Waals surface area contributed by atoms with E-state index >= 15 is 0 Å². The van der Waals surface area contributed by atoms with E-state index in [4.69, 9.17) is 10.00 Å². The molecule has 0 saturated carbocycles. The molecule has 0 fully saturated rings. The molecular formula is C15H27NO2. The Balaban J connectivity index is 3.46. The molecule has 0 bridgehead atoms. The lowest BCUT2D eigenvalue weighted by molar-refractivity contribution is -0.146. The Labute approximate surface area is 112 Å². The topological polar surface area (TPSA) is 50.1 Å². The van der Waals surface area contributed by atoms with Crippen molar-refractivity contribution >= 4 is 5.97 Å². The lowest BCUT2D eigenvalue weighted by atomic mass is 10.0. The summed E-state index contributed by atoms with van der Waals surface area (Å²) in [6.45, 7) is 4.34. The standard InChI is InChI=1S/C15H27NO2/c1-3-5-6-7-8-9-10-11-12-14(13-16)15(17)18-4-2/h14H,3-12H2,1-2H3/t14-/m1/s1. The van der Waals surface area contributed by atoms with Gasteiger partial charge in [0.25, 0.3) is 0 Å². The Bertz CT molecular complexity index is 245. The van der Waals surface area contributed by atoms with Crippen LogP contribution in [-0.2, 0) is 9.53 Å². The molecule has 0 aromatic rings. The molecule has 0 aliphatic heterocycles. The summed E-state index contributed by atoms with van der Waals surface area (Å²) in [5.41, 5.74) is 0. The van der Waals surface area contributed by atoms with Gasteiger partial charge in [-0.05, 0) is 13.3 Å². The maximum atomic E-state index is 11.4. The van der Waals surface area contributed by atoms with Crippen LogP contribution in [0.1, 0.15) is 71.6 Å². The number of ether oxygens (including phenoxy) is 1. The molecule has 0 aromatic carbocycles. The van der Waals surface area contributed by atoms with Crippen LogP contribution in [0.3, 0.4) is 0 Å². The van der Waals surface area contributed by atoms with Gasteiger partial charge in [-0.3, -0.25) is 4.79 Å². The molecule has 0 rings (SSSR count). The molecule has 0 spiro atoms. The van der Waals surface area contributed by atoms with Gasteiger partial charge in [0.05, 0.1) is 12.7 Å². The third kappa shape index (κ3) is 9.04. The maximum absolute atomic E-state index is 11.4. The molecule has 0 saturated heterocycles. The van der Waals surface area contributed by atoms with Gasteiger partial charge in [-0.25, -0.2) is 0 Å². The highest BCUT2D eigenvalue weighted by Gasteiger charge is 2.17. The lowest BCUT2D eigenvalue weighted by Crippen LogP contribution is -2.16. The van der Waals surface area contributed by atoms with Gasteiger partial charge in [-0.1, -0.05) is 58.3 Å². The molecular weight excluding hydrogens is 226 g/mol. The van der Waals surface area contributed by atoms with Crippen LogP contribution < -0.4 is 0 Å². The van der Waals surface area contributed by atoms with Gasteiger partial charge in [0.15, 0.2) is 0 Å². The molecule has 1 atom stereocenters. The number of nitrogens with zero attached hydrogens (tertiary/aromatic N) is 1. The molecule has 0 amide bonds. The van der Waals surface area contributed by atoms with Crippen molar-refractivity contribution in [1.82, 2.24) is 0 Å². The molecule has 18 heavy (non-hydrogen) atoms. The summed E-state index contributed by atoms with van der Waals surface area (Å²) in [5, 5.41) is 8.87. The first-order chi connectivity index (χ1) is 8.76. The number of rotatable bonds is 11. The third-order valence-corrected chi connectivity index (χ3v) is 3.07. The number of esters is 1. The highest BCUT2D eigenvalue weighted by molar-refractivity contribution is 5.75. The average Bonchev–Trinajstić information content (AvgIpc) is 2.37. The summed E-state index contributed by atoms with van der Waals surface area (Å²) in [7, 11) is 0. The molecule has 0 aliphatic carbocycles. The fourth-order valence-electron chi connectivity index (χ4n) is 1.96. The number of unbranched alkanes of at least 4 members (excludes halogenated alkanes) is 7. The van der Waals surface area contributed by atoms with E-state index in [1.807, 2.05) is 6.07 Å². The van der Waals surface area contributed by atoms with Crippen LogP contribution >= 0.6 is 0 Å². The molecule has 0 aliphatic rings. The molecule has 0 N–H and O–H groups in total. The minimum Gasteiger partial charge on any atom is -0.465 e. The van der Waals surface area contributed by atoms with Crippen LogP contribution in [0, 0.1) is 17.2 Å². The predicted molar refractivity (Wildman–Crippen MR) is 73.0 cm³/mol. The van der Waals surface area contributed by atoms with E-state index in [1.165, 1.54) is 38.5 Å². The minimum atomic E-state index is -0.565. The van der Waals surface area contributed by atoms with Crippen molar-refractivity contribution in [1.29, 1.82) is 5.26 Å². The molecule has 0 heterocycles. The molecule has 3 nitrogen and oxygen atoms in total. The van der Waals surface area contributed by atoms with Crippen molar-refractivity contribution in [3.63, 3.8) is 0 Å². The molecule has 3 heteroatoms. The first kappa shape index (κ1) is 17.0. The Morgan fingerprint density at radius 1 is 1.06 bits per heavy atom. The van der Waals surface area contributed by atoms with E-state index in [0.717, 1.165) is 12.8 Å². The van der Waals surface area contributed by atoms with Gasteiger partial charge in [-0.2, -0.15) is 5.26 Å². The summed E-state index contributed by atoms with van der Waals surface area (Å²) < 4.78 is 4.86. The van der Waals surface area contributed by atoms with E-state index in [9.17, 15) is 4.79 Å². The van der Waals surface area contributed by atoms with E-state index < -0.39 is 5.92 Å². The first-order valence-electron chi connectivity index (χ1n) is 7.32. The van der Waals surface area contributed by atoms with Crippen molar-refractivity contribution in [2.24, 2.45) is 5.92 Å². The SMILES string of the molecule is CCCCCCCCCC[C@H](C#N)C(=O)OCC. The number of hydrogen-bond acceptors (Lipinski definition) is 3. The summed E-state index contributed by atoms with van der Waals surface area (Å²) in [6, 6.07) is 2.03. The number of carbonyl (C=O) groups is 1. The fraction of sp³-hybridized carbons (Fsp3) is 0.867. The smallest absolute Gasteiger partial charge is 0.323 e. The summed E-state index contributed by atoms with van der Waals surface area (Å²) >= 11 is 0. The Kier molecular flexibility index (Phi) is 11.7. The summed E-state index contributed by atoms with van der Waals surface area (Å²) in [6.07, 6.45) is 10.5. The van der Waals surface area contributed by atoms with Crippen LogP contribution in [0.2, 0.25) is 0 Å². The van der Waals surface area contributed by atoms with Gasteiger partial charge in [-0.15, -0.1) is 0 Å².